The van der Waals surface area contributed by atoms with E-state index in [-0.39, 0.29) is 17.8 Å². The maximum Gasteiger partial charge on any atom is 0.235 e. The molecule has 0 saturated heterocycles. The van der Waals surface area contributed by atoms with Gasteiger partial charge in [0, 0.05) is 24.3 Å². The molecule has 6 nitrogen and oxygen atoms in total. The van der Waals surface area contributed by atoms with E-state index in [0.29, 0.717) is 11.6 Å². The summed E-state index contributed by atoms with van der Waals surface area (Å²) in [5.74, 6) is 1.52. The van der Waals surface area contributed by atoms with E-state index >= 15 is 0 Å². The Morgan fingerprint density at radius 3 is 2.39 bits per heavy atom. The van der Waals surface area contributed by atoms with Gasteiger partial charge in [0.25, 0.3) is 0 Å². The fraction of sp³-hybridized carbons (Fsp3) is 0.438. The summed E-state index contributed by atoms with van der Waals surface area (Å²) >= 11 is 0. The van der Waals surface area contributed by atoms with E-state index in [1.165, 1.54) is 7.11 Å². The number of ether oxygens (including phenoxy) is 1. The molecule has 126 valence electrons. The van der Waals surface area contributed by atoms with Gasteiger partial charge in [-0.3, -0.25) is 4.72 Å². The van der Waals surface area contributed by atoms with E-state index in [4.69, 9.17) is 9.15 Å². The second kappa shape index (κ2) is 7.14. The Balaban J connectivity index is 2.10. The van der Waals surface area contributed by atoms with E-state index in [2.05, 4.69) is 9.71 Å². The number of nitrogens with zero attached hydrogens (tertiary/aromatic N) is 1. The lowest BCUT2D eigenvalue weighted by Gasteiger charge is -2.12. The van der Waals surface area contributed by atoms with Crippen LogP contribution in [0, 0.1) is 0 Å². The van der Waals surface area contributed by atoms with E-state index in [1.54, 1.807) is 37.4 Å². The third kappa shape index (κ3) is 4.80. The summed E-state index contributed by atoms with van der Waals surface area (Å²) in [7, 11) is -1.96. The van der Waals surface area contributed by atoms with Gasteiger partial charge in [0.2, 0.25) is 15.9 Å². The molecular formula is C16H22N2O4S. The van der Waals surface area contributed by atoms with Crippen LogP contribution in [0.5, 0.6) is 0 Å². The predicted molar refractivity (Wildman–Crippen MR) is 89.9 cm³/mol. The van der Waals surface area contributed by atoms with Crippen molar-refractivity contribution in [2.24, 2.45) is 0 Å². The highest BCUT2D eigenvalue weighted by atomic mass is 32.2. The molecule has 0 fully saturated rings. The SMILES string of the molecule is CO[C@@H](C)CS(=O)(=O)Nc1ccc(-c2ncc(C(C)C)o2)cc1. The monoisotopic (exact) mass is 338 g/mol. The largest absolute Gasteiger partial charge is 0.441 e. The van der Waals surface area contributed by atoms with Crippen LogP contribution in [0.3, 0.4) is 0 Å². The second-order valence-corrected chi connectivity index (χ2v) is 7.50. The third-order valence-electron chi connectivity index (χ3n) is 3.35. The lowest BCUT2D eigenvalue weighted by molar-refractivity contribution is 0.136. The number of hydrogen-bond acceptors (Lipinski definition) is 5. The summed E-state index contributed by atoms with van der Waals surface area (Å²) in [5, 5.41) is 0. The zero-order chi connectivity index (χ0) is 17.0. The highest BCUT2D eigenvalue weighted by molar-refractivity contribution is 7.92. The Labute approximate surface area is 136 Å². The summed E-state index contributed by atoms with van der Waals surface area (Å²) in [6.07, 6.45) is 1.34. The van der Waals surface area contributed by atoms with Gasteiger partial charge in [0.1, 0.15) is 5.76 Å². The van der Waals surface area contributed by atoms with Crippen molar-refractivity contribution in [3.8, 4) is 11.5 Å². The van der Waals surface area contributed by atoms with Gasteiger partial charge in [0.15, 0.2) is 0 Å². The molecule has 0 radical (unpaired) electrons. The molecule has 0 bridgehead atoms. The van der Waals surface area contributed by atoms with Gasteiger partial charge in [-0.15, -0.1) is 0 Å². The van der Waals surface area contributed by atoms with Crippen molar-refractivity contribution >= 4 is 15.7 Å². The Bertz CT molecular complexity index is 736. The Hall–Kier alpha value is -1.86. The van der Waals surface area contributed by atoms with Crippen molar-refractivity contribution in [3.63, 3.8) is 0 Å². The van der Waals surface area contributed by atoms with Crippen molar-refractivity contribution in [2.75, 3.05) is 17.6 Å². The smallest absolute Gasteiger partial charge is 0.235 e. The molecular weight excluding hydrogens is 316 g/mol. The van der Waals surface area contributed by atoms with Crippen LogP contribution in [0.1, 0.15) is 32.4 Å². The number of aromatic nitrogens is 1. The van der Waals surface area contributed by atoms with Crippen molar-refractivity contribution in [1.29, 1.82) is 0 Å². The molecule has 1 N–H and O–H groups in total. The zero-order valence-electron chi connectivity index (χ0n) is 13.7. The van der Waals surface area contributed by atoms with E-state index in [0.717, 1.165) is 11.3 Å². The van der Waals surface area contributed by atoms with Crippen LogP contribution in [-0.4, -0.2) is 32.4 Å². The first-order chi connectivity index (χ1) is 10.8. The normalized spacial score (nSPS) is 13.3. The zero-order valence-corrected chi connectivity index (χ0v) is 14.6. The third-order valence-corrected chi connectivity index (χ3v) is 4.81. The van der Waals surface area contributed by atoms with Gasteiger partial charge in [-0.1, -0.05) is 13.8 Å². The van der Waals surface area contributed by atoms with Gasteiger partial charge in [-0.2, -0.15) is 0 Å². The molecule has 0 spiro atoms. The molecule has 1 heterocycles. The first-order valence-electron chi connectivity index (χ1n) is 7.40. The van der Waals surface area contributed by atoms with Crippen molar-refractivity contribution < 1.29 is 17.6 Å². The quantitative estimate of drug-likeness (QED) is 0.838. The van der Waals surface area contributed by atoms with Gasteiger partial charge in [0.05, 0.1) is 18.1 Å². The van der Waals surface area contributed by atoms with Gasteiger partial charge < -0.3 is 9.15 Å². The second-order valence-electron chi connectivity index (χ2n) is 5.73. The molecule has 0 aliphatic carbocycles. The van der Waals surface area contributed by atoms with Crippen LogP contribution in [0.2, 0.25) is 0 Å². The molecule has 1 aromatic heterocycles. The van der Waals surface area contributed by atoms with Crippen molar-refractivity contribution in [3.05, 3.63) is 36.2 Å². The number of sulfonamides is 1. The van der Waals surface area contributed by atoms with Crippen LogP contribution in [0.4, 0.5) is 5.69 Å². The molecule has 2 rings (SSSR count). The average molecular weight is 338 g/mol. The van der Waals surface area contributed by atoms with E-state index < -0.39 is 10.0 Å². The molecule has 1 atom stereocenters. The number of benzene rings is 1. The van der Waals surface area contributed by atoms with Gasteiger partial charge in [-0.25, -0.2) is 13.4 Å². The Kier molecular flexibility index (Phi) is 5.43. The highest BCUT2D eigenvalue weighted by Gasteiger charge is 2.16. The molecule has 23 heavy (non-hydrogen) atoms. The Morgan fingerprint density at radius 1 is 1.22 bits per heavy atom. The Morgan fingerprint density at radius 2 is 1.87 bits per heavy atom. The topological polar surface area (TPSA) is 81.4 Å². The number of methoxy groups -OCH3 is 1. The fourth-order valence-electron chi connectivity index (χ4n) is 1.97. The van der Waals surface area contributed by atoms with Gasteiger partial charge in [-0.05, 0) is 31.2 Å². The molecule has 0 saturated carbocycles. The van der Waals surface area contributed by atoms with Gasteiger partial charge >= 0.3 is 0 Å². The number of anilines is 1. The lowest BCUT2D eigenvalue weighted by atomic mass is 10.2. The summed E-state index contributed by atoms with van der Waals surface area (Å²) in [6.45, 7) is 5.77. The number of oxazole rings is 1. The first kappa shape index (κ1) is 17.5. The van der Waals surface area contributed by atoms with Crippen LogP contribution >= 0.6 is 0 Å². The molecule has 0 amide bonds. The summed E-state index contributed by atoms with van der Waals surface area (Å²) in [4.78, 5) is 4.24. The maximum absolute atomic E-state index is 12.0. The summed E-state index contributed by atoms with van der Waals surface area (Å²) < 4.78 is 37.1. The minimum absolute atomic E-state index is 0.0945. The summed E-state index contributed by atoms with van der Waals surface area (Å²) in [5.41, 5.74) is 1.29. The molecule has 2 aromatic rings. The van der Waals surface area contributed by atoms with Crippen LogP contribution in [0.15, 0.2) is 34.9 Å². The fourth-order valence-corrected chi connectivity index (χ4v) is 3.30. The molecule has 0 unspecified atom stereocenters. The van der Waals surface area contributed by atoms with E-state index in [1.807, 2.05) is 13.8 Å². The minimum atomic E-state index is -3.44. The van der Waals surface area contributed by atoms with Crippen molar-refractivity contribution in [2.45, 2.75) is 32.8 Å². The number of rotatable bonds is 7. The first-order valence-corrected chi connectivity index (χ1v) is 9.05. The predicted octanol–water partition coefficient (Wildman–Crippen LogP) is 3.24. The van der Waals surface area contributed by atoms with Crippen LogP contribution < -0.4 is 4.72 Å². The molecule has 0 aliphatic heterocycles. The average Bonchev–Trinajstić information content (AvgIpc) is 2.97. The molecule has 0 aliphatic rings. The summed E-state index contributed by atoms with van der Waals surface area (Å²) in [6, 6.07) is 6.91. The number of nitrogens with one attached hydrogen (secondary N) is 1. The number of hydrogen-bond donors (Lipinski definition) is 1. The molecule has 1 aromatic carbocycles. The maximum atomic E-state index is 12.0. The van der Waals surface area contributed by atoms with Crippen molar-refractivity contribution in [1.82, 2.24) is 4.98 Å². The van der Waals surface area contributed by atoms with Crippen LogP contribution in [-0.2, 0) is 14.8 Å². The highest BCUT2D eigenvalue weighted by Crippen LogP contribution is 2.24. The standard InChI is InChI=1S/C16H22N2O4S/c1-11(2)15-9-17-16(22-15)13-5-7-14(8-6-13)18-23(19,20)10-12(3)21-4/h5-9,11-12,18H,10H2,1-4H3/t12-/m0/s1. The van der Waals surface area contributed by atoms with Crippen LogP contribution in [0.25, 0.3) is 11.5 Å². The molecule has 7 heteroatoms. The minimum Gasteiger partial charge on any atom is -0.441 e. The lowest BCUT2D eigenvalue weighted by Crippen LogP contribution is -2.25. The van der Waals surface area contributed by atoms with E-state index in [9.17, 15) is 8.42 Å².